The van der Waals surface area contributed by atoms with E-state index in [1.807, 2.05) is 11.6 Å². The van der Waals surface area contributed by atoms with Gasteiger partial charge in [0.05, 0.1) is 11.9 Å². The molecule has 3 aromatic rings. The van der Waals surface area contributed by atoms with E-state index in [1.165, 1.54) is 17.3 Å². The van der Waals surface area contributed by atoms with Crippen LogP contribution in [-0.4, -0.2) is 68.3 Å². The van der Waals surface area contributed by atoms with Crippen LogP contribution in [0, 0.1) is 0 Å². The highest BCUT2D eigenvalue weighted by atomic mass is 19.3. The van der Waals surface area contributed by atoms with Crippen LogP contribution in [0.5, 0.6) is 0 Å². The number of amides is 2. The van der Waals surface area contributed by atoms with Crippen molar-refractivity contribution in [1.82, 2.24) is 24.3 Å². The molecule has 0 aliphatic carbocycles. The van der Waals surface area contributed by atoms with Gasteiger partial charge in [0, 0.05) is 55.8 Å². The van der Waals surface area contributed by atoms with Crippen molar-refractivity contribution in [2.75, 3.05) is 31.9 Å². The van der Waals surface area contributed by atoms with E-state index >= 15 is 0 Å². The summed E-state index contributed by atoms with van der Waals surface area (Å²) in [7, 11) is 1.91. The maximum Gasteiger partial charge on any atom is 0.267 e. The molecule has 0 bridgehead atoms. The number of carbonyl (C=O) groups excluding carboxylic acids is 2. The molecular weight excluding hydrogens is 454 g/mol. The van der Waals surface area contributed by atoms with E-state index in [0.717, 1.165) is 23.2 Å². The number of benzene rings is 1. The van der Waals surface area contributed by atoms with Gasteiger partial charge in [0.2, 0.25) is 5.91 Å². The number of hydrogen-bond acceptors (Lipinski definition) is 5. The van der Waals surface area contributed by atoms with E-state index in [2.05, 4.69) is 16.5 Å². The lowest BCUT2D eigenvalue weighted by Gasteiger charge is -2.18. The van der Waals surface area contributed by atoms with Crippen molar-refractivity contribution in [3.8, 4) is 11.1 Å². The molecule has 2 aliphatic rings. The zero-order valence-electron chi connectivity index (χ0n) is 19.4. The van der Waals surface area contributed by atoms with Gasteiger partial charge in [-0.1, -0.05) is 18.7 Å². The molecule has 4 heterocycles. The van der Waals surface area contributed by atoms with Crippen LogP contribution >= 0.6 is 0 Å². The van der Waals surface area contributed by atoms with Crippen molar-refractivity contribution in [2.24, 2.45) is 7.05 Å². The number of alkyl halides is 2. The lowest BCUT2D eigenvalue weighted by atomic mass is 9.94. The molecular formula is C25H26F2N6O2. The summed E-state index contributed by atoms with van der Waals surface area (Å²) in [6.07, 6.45) is 3.19. The molecule has 10 heteroatoms. The summed E-state index contributed by atoms with van der Waals surface area (Å²) in [5.74, 6) is -2.98. The number of halogens is 2. The second kappa shape index (κ2) is 8.44. The standard InChI is InChI=1S/C25H26F2N6O2/c1-3-18(34)32-10-8-17(12-32)21-19(20-22(28)29-14-30-23(20)31(21)2)15-4-6-16(7-5-15)24(35)33-11-9-25(26,27)13-33/h3-7,14,17H,1,8-13H2,2H3,(H2,28,29,30). The number of likely N-dealkylation sites (tertiary alicyclic amines) is 2. The van der Waals surface area contributed by atoms with Gasteiger partial charge < -0.3 is 20.1 Å². The summed E-state index contributed by atoms with van der Waals surface area (Å²) in [6.45, 7) is 4.22. The molecule has 1 aromatic carbocycles. The maximum absolute atomic E-state index is 13.6. The molecule has 2 aromatic heterocycles. The second-order valence-corrected chi connectivity index (χ2v) is 9.16. The minimum Gasteiger partial charge on any atom is -0.383 e. The second-order valence-electron chi connectivity index (χ2n) is 9.16. The van der Waals surface area contributed by atoms with Crippen molar-refractivity contribution >= 4 is 28.7 Å². The van der Waals surface area contributed by atoms with Crippen molar-refractivity contribution in [3.63, 3.8) is 0 Å². The zero-order valence-corrected chi connectivity index (χ0v) is 19.4. The fourth-order valence-electron chi connectivity index (χ4n) is 5.25. The molecule has 2 aliphatic heterocycles. The molecule has 5 rings (SSSR count). The van der Waals surface area contributed by atoms with E-state index in [0.29, 0.717) is 35.5 Å². The average Bonchev–Trinajstić information content (AvgIpc) is 3.55. The summed E-state index contributed by atoms with van der Waals surface area (Å²) in [5.41, 5.74) is 9.95. The average molecular weight is 481 g/mol. The number of aromatic nitrogens is 3. The maximum atomic E-state index is 13.6. The van der Waals surface area contributed by atoms with Crippen LogP contribution in [-0.2, 0) is 11.8 Å². The number of rotatable bonds is 4. The molecule has 2 saturated heterocycles. The molecule has 0 saturated carbocycles. The van der Waals surface area contributed by atoms with Crippen molar-refractivity contribution in [3.05, 3.63) is 54.5 Å². The summed E-state index contributed by atoms with van der Waals surface area (Å²) in [4.78, 5) is 36.5. The molecule has 35 heavy (non-hydrogen) atoms. The molecule has 1 atom stereocenters. The Hall–Kier alpha value is -3.82. The van der Waals surface area contributed by atoms with Gasteiger partial charge in [-0.25, -0.2) is 18.7 Å². The Labute approximate surface area is 201 Å². The van der Waals surface area contributed by atoms with Gasteiger partial charge in [-0.15, -0.1) is 0 Å². The number of nitrogen functional groups attached to an aromatic ring is 1. The first-order valence-electron chi connectivity index (χ1n) is 11.5. The lowest BCUT2D eigenvalue weighted by Crippen LogP contribution is -2.31. The minimum atomic E-state index is -2.84. The Bertz CT molecular complexity index is 1330. The number of hydrogen-bond donors (Lipinski definition) is 1. The van der Waals surface area contributed by atoms with E-state index in [1.54, 1.807) is 29.2 Å². The van der Waals surface area contributed by atoms with E-state index in [4.69, 9.17) is 5.73 Å². The number of nitrogens with zero attached hydrogens (tertiary/aromatic N) is 5. The molecule has 1 unspecified atom stereocenters. The number of aryl methyl sites for hydroxylation is 1. The van der Waals surface area contributed by atoms with Crippen molar-refractivity contribution in [2.45, 2.75) is 24.7 Å². The third-order valence-corrected chi connectivity index (χ3v) is 6.98. The van der Waals surface area contributed by atoms with Gasteiger partial charge >= 0.3 is 0 Å². The van der Waals surface area contributed by atoms with Gasteiger partial charge in [-0.05, 0) is 30.2 Å². The summed E-state index contributed by atoms with van der Waals surface area (Å²) >= 11 is 0. The Morgan fingerprint density at radius 1 is 1.17 bits per heavy atom. The third kappa shape index (κ3) is 3.92. The normalized spacial score (nSPS) is 19.5. The molecule has 0 spiro atoms. The molecule has 2 fully saturated rings. The monoisotopic (exact) mass is 480 g/mol. The predicted octanol–water partition coefficient (Wildman–Crippen LogP) is 3.20. The molecule has 2 amide bonds. The molecule has 182 valence electrons. The highest BCUT2D eigenvalue weighted by molar-refractivity contribution is 6.03. The number of nitrogens with two attached hydrogens (primary N) is 1. The van der Waals surface area contributed by atoms with Crippen LogP contribution in [0.2, 0.25) is 0 Å². The predicted molar refractivity (Wildman–Crippen MR) is 128 cm³/mol. The number of carbonyl (C=O) groups is 2. The fourth-order valence-corrected chi connectivity index (χ4v) is 5.25. The fraction of sp³-hybridized carbons (Fsp3) is 0.360. The minimum absolute atomic E-state index is 0.0382. The first-order chi connectivity index (χ1) is 16.7. The third-order valence-electron chi connectivity index (χ3n) is 6.98. The number of anilines is 1. The van der Waals surface area contributed by atoms with Gasteiger partial charge in [0.15, 0.2) is 0 Å². The van der Waals surface area contributed by atoms with Crippen molar-refractivity contribution in [1.29, 1.82) is 0 Å². The number of fused-ring (bicyclic) bond motifs is 1. The highest BCUT2D eigenvalue weighted by Crippen LogP contribution is 2.42. The van der Waals surface area contributed by atoms with Crippen LogP contribution < -0.4 is 5.73 Å². The molecule has 2 N–H and O–H groups in total. The smallest absolute Gasteiger partial charge is 0.267 e. The molecule has 0 radical (unpaired) electrons. The van der Waals surface area contributed by atoms with Gasteiger partial charge in [-0.2, -0.15) is 0 Å². The van der Waals surface area contributed by atoms with Gasteiger partial charge in [-0.3, -0.25) is 9.59 Å². The van der Waals surface area contributed by atoms with Crippen LogP contribution in [0.4, 0.5) is 14.6 Å². The largest absolute Gasteiger partial charge is 0.383 e. The van der Waals surface area contributed by atoms with Crippen LogP contribution in [0.25, 0.3) is 22.2 Å². The topological polar surface area (TPSA) is 97.3 Å². The van der Waals surface area contributed by atoms with Gasteiger partial charge in [0.1, 0.15) is 17.8 Å². The van der Waals surface area contributed by atoms with E-state index < -0.39 is 18.4 Å². The van der Waals surface area contributed by atoms with Crippen LogP contribution in [0.3, 0.4) is 0 Å². The highest BCUT2D eigenvalue weighted by Gasteiger charge is 2.40. The first kappa shape index (κ1) is 22.9. The SMILES string of the molecule is C=CC(=O)N1CCC(c2c(-c3ccc(C(=O)N4CCC(F)(F)C4)cc3)c3c(N)ncnc3n2C)C1. The van der Waals surface area contributed by atoms with Crippen LogP contribution in [0.1, 0.15) is 34.8 Å². The lowest BCUT2D eigenvalue weighted by molar-refractivity contribution is -0.125. The van der Waals surface area contributed by atoms with Crippen LogP contribution in [0.15, 0.2) is 43.2 Å². The first-order valence-corrected chi connectivity index (χ1v) is 11.5. The Morgan fingerprint density at radius 3 is 2.57 bits per heavy atom. The Kier molecular flexibility index (Phi) is 5.53. The summed E-state index contributed by atoms with van der Waals surface area (Å²) < 4.78 is 29.2. The van der Waals surface area contributed by atoms with Crippen molar-refractivity contribution < 1.29 is 18.4 Å². The summed E-state index contributed by atoms with van der Waals surface area (Å²) in [6, 6.07) is 6.90. The molecule has 8 nitrogen and oxygen atoms in total. The van der Waals surface area contributed by atoms with E-state index in [9.17, 15) is 18.4 Å². The Morgan fingerprint density at radius 2 is 1.91 bits per heavy atom. The zero-order chi connectivity index (χ0) is 24.9. The van der Waals surface area contributed by atoms with E-state index in [-0.39, 0.29) is 24.8 Å². The quantitative estimate of drug-likeness (QED) is 0.579. The summed E-state index contributed by atoms with van der Waals surface area (Å²) in [5, 5.41) is 0.705. The Balaban J connectivity index is 1.55. The van der Waals surface area contributed by atoms with Gasteiger partial charge in [0.25, 0.3) is 11.8 Å².